The smallest absolute Gasteiger partial charge is 0.335 e. The maximum atomic E-state index is 13.3. The molecule has 0 aliphatic carbocycles. The first kappa shape index (κ1) is 28.5. The zero-order valence-corrected chi connectivity index (χ0v) is 22.2. The molecule has 0 bridgehead atoms. The molecule has 1 aliphatic heterocycles. The molecule has 4 aromatic rings. The second kappa shape index (κ2) is 12.1. The average molecular weight is 565 g/mol. The van der Waals surface area contributed by atoms with Gasteiger partial charge < -0.3 is 21.3 Å². The van der Waals surface area contributed by atoms with Gasteiger partial charge in [0.2, 0.25) is 0 Å². The lowest BCUT2D eigenvalue weighted by molar-refractivity contribution is 0.0696. The van der Waals surface area contributed by atoms with Crippen molar-refractivity contribution >= 4 is 38.8 Å². The Morgan fingerprint density at radius 2 is 1.43 bits per heavy atom. The van der Waals surface area contributed by atoms with Crippen molar-refractivity contribution in [2.24, 2.45) is 5.73 Å². The van der Waals surface area contributed by atoms with E-state index in [0.717, 1.165) is 47.2 Å². The first-order chi connectivity index (χ1) is 19.1. The first-order valence-electron chi connectivity index (χ1n) is 12.3. The van der Waals surface area contributed by atoms with E-state index in [4.69, 9.17) is 15.9 Å². The van der Waals surface area contributed by atoms with E-state index in [1.54, 1.807) is 30.3 Å². The first-order valence-corrected chi connectivity index (χ1v) is 13.8. The summed E-state index contributed by atoms with van der Waals surface area (Å²) in [6, 6.07) is 20.4. The van der Waals surface area contributed by atoms with Crippen LogP contribution in [0.25, 0.3) is 10.9 Å². The molecule has 0 atom stereocenters. The molecule has 0 unspecified atom stereocenters. The Balaban J connectivity index is 0.000000259. The molecular weight excluding hydrogens is 536 g/mol. The van der Waals surface area contributed by atoms with Crippen LogP contribution >= 0.6 is 0 Å². The number of aromatic carboxylic acids is 2. The number of nitrogens with two attached hydrogens (primary N) is 1. The van der Waals surface area contributed by atoms with E-state index >= 15 is 0 Å². The van der Waals surface area contributed by atoms with Crippen LogP contribution in [-0.4, -0.2) is 71.5 Å². The van der Waals surface area contributed by atoms with Gasteiger partial charge in [0, 0.05) is 38.1 Å². The predicted octanol–water partition coefficient (Wildman–Crippen LogP) is 2.47. The number of rotatable bonds is 7. The van der Waals surface area contributed by atoms with E-state index in [2.05, 4.69) is 10.2 Å². The highest BCUT2D eigenvalue weighted by molar-refractivity contribution is 7.90. The number of carboxylic acids is 2. The Hall–Kier alpha value is -4.52. The molecule has 208 valence electrons. The molecular formula is C28H28N4O7S. The third-order valence-corrected chi connectivity index (χ3v) is 8.13. The largest absolute Gasteiger partial charge is 0.478 e. The standard InChI is InChI=1S/C20H22N4O3S.C8H6O4/c21-20(25)19-13-17-15(14-23-11-9-22-10-12-23)5-4-8-18(17)24(19)28(26,27)16-6-2-1-3-7-16;9-7(10)5-2-1-3-6(4-5)8(11)12/h1-8,13,22H,9-12,14H2,(H2,21,25);1-4H,(H,9,10)(H,11,12). The fourth-order valence-corrected chi connectivity index (χ4v) is 5.96. The zero-order valence-electron chi connectivity index (χ0n) is 21.4. The zero-order chi connectivity index (χ0) is 28.9. The van der Waals surface area contributed by atoms with Crippen molar-refractivity contribution in [1.29, 1.82) is 0 Å². The van der Waals surface area contributed by atoms with Crippen molar-refractivity contribution in [3.63, 3.8) is 0 Å². The van der Waals surface area contributed by atoms with Gasteiger partial charge in [0.15, 0.2) is 0 Å². The summed E-state index contributed by atoms with van der Waals surface area (Å²) in [5, 5.41) is 21.0. The third kappa shape index (κ3) is 6.20. The van der Waals surface area contributed by atoms with Crippen LogP contribution in [-0.2, 0) is 16.6 Å². The van der Waals surface area contributed by atoms with Crippen LogP contribution in [0, 0.1) is 0 Å². The number of piperazine rings is 1. The number of nitrogens with zero attached hydrogens (tertiary/aromatic N) is 2. The van der Waals surface area contributed by atoms with E-state index < -0.39 is 27.9 Å². The van der Waals surface area contributed by atoms with Crippen molar-refractivity contribution in [1.82, 2.24) is 14.2 Å². The van der Waals surface area contributed by atoms with Gasteiger partial charge in [-0.2, -0.15) is 0 Å². The highest BCUT2D eigenvalue weighted by atomic mass is 32.2. The number of fused-ring (bicyclic) bond motifs is 1. The predicted molar refractivity (Wildman–Crippen MR) is 148 cm³/mol. The summed E-state index contributed by atoms with van der Waals surface area (Å²) < 4.78 is 27.6. The van der Waals surface area contributed by atoms with Crippen LogP contribution in [0.2, 0.25) is 0 Å². The van der Waals surface area contributed by atoms with Gasteiger partial charge in [0.1, 0.15) is 5.69 Å². The van der Waals surface area contributed by atoms with Crippen molar-refractivity contribution < 1.29 is 33.0 Å². The number of carbonyl (C=O) groups excluding carboxylic acids is 1. The summed E-state index contributed by atoms with van der Waals surface area (Å²) >= 11 is 0. The molecule has 0 radical (unpaired) electrons. The van der Waals surface area contributed by atoms with E-state index in [9.17, 15) is 22.8 Å². The number of nitrogens with one attached hydrogen (secondary N) is 1. The lowest BCUT2D eigenvalue weighted by atomic mass is 10.1. The maximum absolute atomic E-state index is 13.3. The van der Waals surface area contributed by atoms with Gasteiger partial charge in [-0.15, -0.1) is 0 Å². The van der Waals surface area contributed by atoms with E-state index in [0.29, 0.717) is 12.1 Å². The Morgan fingerprint density at radius 3 is 2.00 bits per heavy atom. The number of carbonyl (C=O) groups is 3. The Morgan fingerprint density at radius 1 is 0.825 bits per heavy atom. The van der Waals surface area contributed by atoms with Gasteiger partial charge in [-0.1, -0.05) is 36.4 Å². The van der Waals surface area contributed by atoms with Crippen LogP contribution in [0.4, 0.5) is 0 Å². The molecule has 5 N–H and O–H groups in total. The molecule has 11 nitrogen and oxygen atoms in total. The topological polar surface area (TPSA) is 172 Å². The van der Waals surface area contributed by atoms with Gasteiger partial charge in [0.25, 0.3) is 15.9 Å². The fraction of sp³-hybridized carbons (Fsp3) is 0.179. The molecule has 1 fully saturated rings. The summed E-state index contributed by atoms with van der Waals surface area (Å²) in [6.45, 7) is 4.37. The fourth-order valence-electron chi connectivity index (χ4n) is 4.43. The molecule has 1 amide bonds. The lowest BCUT2D eigenvalue weighted by Gasteiger charge is -2.27. The minimum absolute atomic E-state index is 0.0186. The molecule has 5 rings (SSSR count). The Labute approximate surface area is 230 Å². The Bertz CT molecular complexity index is 1630. The molecule has 3 aromatic carbocycles. The summed E-state index contributed by atoms with van der Waals surface area (Å²) in [4.78, 5) is 35.3. The van der Waals surface area contributed by atoms with Gasteiger partial charge >= 0.3 is 11.9 Å². The number of hydrogen-bond acceptors (Lipinski definition) is 7. The average Bonchev–Trinajstić information content (AvgIpc) is 3.37. The minimum atomic E-state index is -3.96. The molecule has 1 aromatic heterocycles. The normalized spacial score (nSPS) is 13.8. The van der Waals surface area contributed by atoms with Crippen LogP contribution in [0.1, 0.15) is 36.8 Å². The molecule has 0 saturated carbocycles. The number of hydrogen-bond donors (Lipinski definition) is 4. The summed E-state index contributed by atoms with van der Waals surface area (Å²) in [5.41, 5.74) is 6.91. The van der Waals surface area contributed by atoms with Gasteiger partial charge in [0.05, 0.1) is 21.5 Å². The summed E-state index contributed by atoms with van der Waals surface area (Å²) in [6.07, 6.45) is 0. The van der Waals surface area contributed by atoms with E-state index in [1.165, 1.54) is 30.3 Å². The quantitative estimate of drug-likeness (QED) is 0.263. The number of aromatic nitrogens is 1. The second-order valence-electron chi connectivity index (χ2n) is 9.04. The Kier molecular flexibility index (Phi) is 8.63. The van der Waals surface area contributed by atoms with E-state index in [-0.39, 0.29) is 21.7 Å². The lowest BCUT2D eigenvalue weighted by Crippen LogP contribution is -2.42. The van der Waals surface area contributed by atoms with E-state index in [1.807, 2.05) is 12.1 Å². The SMILES string of the molecule is NC(=O)c1cc2c(CN3CCNCC3)cccc2n1S(=O)(=O)c1ccccc1.O=C(O)c1cccc(C(=O)O)c1. The van der Waals surface area contributed by atoms with Crippen molar-refractivity contribution in [2.45, 2.75) is 11.4 Å². The monoisotopic (exact) mass is 564 g/mol. The number of primary amides is 1. The molecule has 40 heavy (non-hydrogen) atoms. The molecule has 12 heteroatoms. The second-order valence-corrected chi connectivity index (χ2v) is 10.8. The number of carboxylic acid groups (broad SMARTS) is 2. The summed E-state index contributed by atoms with van der Waals surface area (Å²) in [5.74, 6) is -3.03. The number of benzene rings is 3. The highest BCUT2D eigenvalue weighted by Gasteiger charge is 2.26. The van der Waals surface area contributed by atoms with Crippen molar-refractivity contribution in [3.8, 4) is 0 Å². The van der Waals surface area contributed by atoms with Crippen LogP contribution in [0.15, 0.2) is 83.8 Å². The molecule has 1 saturated heterocycles. The van der Waals surface area contributed by atoms with Gasteiger partial charge in [-0.25, -0.2) is 22.0 Å². The third-order valence-electron chi connectivity index (χ3n) is 6.39. The maximum Gasteiger partial charge on any atom is 0.335 e. The van der Waals surface area contributed by atoms with Crippen molar-refractivity contribution in [2.75, 3.05) is 26.2 Å². The van der Waals surface area contributed by atoms with Crippen molar-refractivity contribution in [3.05, 3.63) is 101 Å². The molecule has 0 spiro atoms. The van der Waals surface area contributed by atoms with Crippen LogP contribution < -0.4 is 11.1 Å². The minimum Gasteiger partial charge on any atom is -0.478 e. The van der Waals surface area contributed by atoms with Gasteiger partial charge in [-0.3, -0.25) is 9.69 Å². The summed E-state index contributed by atoms with van der Waals surface area (Å²) in [7, 11) is -3.96. The molecule has 1 aliphatic rings. The molecule has 2 heterocycles. The van der Waals surface area contributed by atoms with Gasteiger partial charge in [-0.05, 0) is 48.0 Å². The van der Waals surface area contributed by atoms with Crippen LogP contribution in [0.3, 0.4) is 0 Å². The van der Waals surface area contributed by atoms with Crippen LogP contribution in [0.5, 0.6) is 0 Å². The number of amides is 1. The highest BCUT2D eigenvalue weighted by Crippen LogP contribution is 2.29.